The molecule has 1 aliphatic carbocycles. The highest BCUT2D eigenvalue weighted by Crippen LogP contribution is 2.36. The summed E-state index contributed by atoms with van der Waals surface area (Å²) in [6, 6.07) is 13.4. The molecule has 3 rings (SSSR count). The Morgan fingerprint density at radius 3 is 2.38 bits per heavy atom. The molecule has 0 spiro atoms. The molecular weight excluding hydrogens is 296 g/mol. The average Bonchev–Trinajstić information content (AvgIpc) is 3.04. The number of hydrogen-bond acceptors (Lipinski definition) is 1. The Kier molecular flexibility index (Phi) is 5.03. The zero-order chi connectivity index (χ0) is 14.7. The van der Waals surface area contributed by atoms with E-state index in [4.69, 9.17) is 11.6 Å². The molecule has 0 bridgehead atoms. The fraction of sp³-hybridized carbons (Fsp3) is 0.474. The van der Waals surface area contributed by atoms with E-state index in [0.717, 1.165) is 12.3 Å². The van der Waals surface area contributed by atoms with Crippen LogP contribution in [0.2, 0.25) is 0 Å². The maximum Gasteiger partial charge on any atom is 0.0927 e. The Bertz CT molecular complexity index is 564. The third-order valence-electron chi connectivity index (χ3n) is 4.59. The lowest BCUT2D eigenvalue weighted by Crippen LogP contribution is -2.04. The summed E-state index contributed by atoms with van der Waals surface area (Å²) in [7, 11) is 0. The van der Waals surface area contributed by atoms with E-state index in [1.54, 1.807) is 0 Å². The van der Waals surface area contributed by atoms with E-state index in [0.29, 0.717) is 0 Å². The van der Waals surface area contributed by atoms with Gasteiger partial charge in [0.25, 0.3) is 0 Å². The summed E-state index contributed by atoms with van der Waals surface area (Å²) >= 11 is 8.49. The van der Waals surface area contributed by atoms with Crippen LogP contribution >= 0.6 is 22.9 Å². The second-order valence-corrected chi connectivity index (χ2v) is 7.66. The predicted octanol–water partition coefficient (Wildman–Crippen LogP) is 6.69. The van der Waals surface area contributed by atoms with Crippen molar-refractivity contribution in [3.8, 4) is 0 Å². The van der Waals surface area contributed by atoms with Gasteiger partial charge in [0, 0.05) is 9.75 Å². The van der Waals surface area contributed by atoms with Crippen LogP contribution in [0.15, 0.2) is 36.4 Å². The molecule has 1 aromatic heterocycles. The van der Waals surface area contributed by atoms with Crippen LogP contribution in [0.1, 0.15) is 71.2 Å². The zero-order valence-electron chi connectivity index (χ0n) is 12.6. The van der Waals surface area contributed by atoms with Crippen molar-refractivity contribution in [2.45, 2.75) is 56.7 Å². The molecule has 2 heteroatoms. The monoisotopic (exact) mass is 318 g/mol. The van der Waals surface area contributed by atoms with Crippen LogP contribution < -0.4 is 0 Å². The summed E-state index contributed by atoms with van der Waals surface area (Å²) in [6.07, 6.45) is 7.99. The quantitative estimate of drug-likeness (QED) is 0.551. The molecule has 0 saturated heterocycles. The number of rotatable bonds is 4. The van der Waals surface area contributed by atoms with Crippen LogP contribution in [0, 0.1) is 0 Å². The van der Waals surface area contributed by atoms with Crippen LogP contribution in [-0.4, -0.2) is 0 Å². The number of thiophene rings is 1. The van der Waals surface area contributed by atoms with Gasteiger partial charge in [-0.05, 0) is 48.4 Å². The van der Waals surface area contributed by atoms with Gasteiger partial charge in [0.05, 0.1) is 5.38 Å². The van der Waals surface area contributed by atoms with Gasteiger partial charge in [-0.3, -0.25) is 0 Å². The maximum atomic E-state index is 6.65. The van der Waals surface area contributed by atoms with Gasteiger partial charge in [-0.25, -0.2) is 0 Å². The number of halogens is 1. The smallest absolute Gasteiger partial charge is 0.0927 e. The first kappa shape index (κ1) is 15.1. The van der Waals surface area contributed by atoms with E-state index < -0.39 is 0 Å². The van der Waals surface area contributed by atoms with Gasteiger partial charge in [0.15, 0.2) is 0 Å². The third-order valence-corrected chi connectivity index (χ3v) is 6.50. The van der Waals surface area contributed by atoms with Gasteiger partial charge in [-0.15, -0.1) is 22.9 Å². The highest BCUT2D eigenvalue weighted by Gasteiger charge is 2.17. The lowest BCUT2D eigenvalue weighted by Gasteiger charge is -2.22. The molecule has 0 amide bonds. The first-order valence-corrected chi connectivity index (χ1v) is 9.35. The van der Waals surface area contributed by atoms with Gasteiger partial charge < -0.3 is 0 Å². The zero-order valence-corrected chi connectivity index (χ0v) is 14.2. The van der Waals surface area contributed by atoms with Crippen LogP contribution in [0.25, 0.3) is 0 Å². The van der Waals surface area contributed by atoms with Gasteiger partial charge in [-0.1, -0.05) is 50.5 Å². The topological polar surface area (TPSA) is 0 Å². The van der Waals surface area contributed by atoms with Gasteiger partial charge in [0.2, 0.25) is 0 Å². The van der Waals surface area contributed by atoms with Crippen molar-refractivity contribution in [3.63, 3.8) is 0 Å². The minimum atomic E-state index is -0.00398. The van der Waals surface area contributed by atoms with Crippen molar-refractivity contribution in [3.05, 3.63) is 57.3 Å². The van der Waals surface area contributed by atoms with Crippen LogP contribution in [0.3, 0.4) is 0 Å². The van der Waals surface area contributed by atoms with Crippen molar-refractivity contribution < 1.29 is 0 Å². The number of aryl methyl sites for hydroxylation is 1. The number of alkyl halides is 1. The van der Waals surface area contributed by atoms with Crippen molar-refractivity contribution in [2.24, 2.45) is 0 Å². The second kappa shape index (κ2) is 6.98. The highest BCUT2D eigenvalue weighted by atomic mass is 35.5. The van der Waals surface area contributed by atoms with E-state index in [2.05, 4.69) is 43.3 Å². The normalized spacial score (nSPS) is 17.8. The van der Waals surface area contributed by atoms with Gasteiger partial charge in [-0.2, -0.15) is 0 Å². The third kappa shape index (κ3) is 3.52. The Morgan fingerprint density at radius 1 is 1.05 bits per heavy atom. The SMILES string of the molecule is CCc1ccc(C(Cl)c2ccc(C3CCCCC3)cc2)s1. The molecule has 1 saturated carbocycles. The number of hydrogen-bond donors (Lipinski definition) is 0. The van der Waals surface area contributed by atoms with Crippen LogP contribution in [0.4, 0.5) is 0 Å². The molecule has 1 aliphatic rings. The molecule has 1 atom stereocenters. The predicted molar refractivity (Wildman–Crippen MR) is 93.7 cm³/mol. The highest BCUT2D eigenvalue weighted by molar-refractivity contribution is 7.12. The summed E-state index contributed by atoms with van der Waals surface area (Å²) in [5.74, 6) is 0.773. The first-order valence-electron chi connectivity index (χ1n) is 8.10. The standard InChI is InChI=1S/C19H23ClS/c1-2-17-12-13-18(21-17)19(20)16-10-8-15(9-11-16)14-6-4-3-5-7-14/h8-14,19H,2-7H2,1H3. The molecule has 1 heterocycles. The van der Waals surface area contributed by atoms with E-state index in [-0.39, 0.29) is 5.38 Å². The molecule has 2 aromatic rings. The largest absolute Gasteiger partial charge is 0.143 e. The molecule has 1 fully saturated rings. The van der Waals surface area contributed by atoms with Crippen LogP contribution in [0.5, 0.6) is 0 Å². The van der Waals surface area contributed by atoms with E-state index in [1.807, 2.05) is 11.3 Å². The Labute approximate surface area is 137 Å². The van der Waals surface area contributed by atoms with Crippen LogP contribution in [-0.2, 0) is 6.42 Å². The van der Waals surface area contributed by atoms with Crippen molar-refractivity contribution in [1.29, 1.82) is 0 Å². The lowest BCUT2D eigenvalue weighted by atomic mass is 9.84. The average molecular weight is 319 g/mol. The van der Waals surface area contributed by atoms with Crippen molar-refractivity contribution in [2.75, 3.05) is 0 Å². The molecule has 1 unspecified atom stereocenters. The summed E-state index contributed by atoms with van der Waals surface area (Å²) < 4.78 is 0. The van der Waals surface area contributed by atoms with Gasteiger partial charge in [0.1, 0.15) is 0 Å². The van der Waals surface area contributed by atoms with E-state index in [9.17, 15) is 0 Å². The minimum Gasteiger partial charge on any atom is -0.143 e. The fourth-order valence-corrected chi connectivity index (χ4v) is 4.57. The summed E-state index contributed by atoms with van der Waals surface area (Å²) in [4.78, 5) is 2.67. The minimum absolute atomic E-state index is 0.00398. The molecule has 0 aliphatic heterocycles. The Balaban J connectivity index is 1.73. The summed E-state index contributed by atoms with van der Waals surface area (Å²) in [6.45, 7) is 2.19. The van der Waals surface area contributed by atoms with Gasteiger partial charge >= 0.3 is 0 Å². The van der Waals surface area contributed by atoms with E-state index >= 15 is 0 Å². The first-order chi connectivity index (χ1) is 10.3. The molecular formula is C19H23ClS. The molecule has 112 valence electrons. The summed E-state index contributed by atoms with van der Waals surface area (Å²) in [5, 5.41) is -0.00398. The lowest BCUT2D eigenvalue weighted by molar-refractivity contribution is 0.443. The second-order valence-electron chi connectivity index (χ2n) is 6.02. The fourth-order valence-electron chi connectivity index (χ4n) is 3.26. The van der Waals surface area contributed by atoms with E-state index in [1.165, 1.54) is 53.0 Å². The molecule has 0 N–H and O–H groups in total. The molecule has 1 aromatic carbocycles. The molecule has 0 radical (unpaired) electrons. The summed E-state index contributed by atoms with van der Waals surface area (Å²) in [5.41, 5.74) is 2.73. The number of benzene rings is 1. The Morgan fingerprint density at radius 2 is 1.76 bits per heavy atom. The van der Waals surface area contributed by atoms with Crippen molar-refractivity contribution in [1.82, 2.24) is 0 Å². The Hall–Kier alpha value is -0.790. The molecule has 0 nitrogen and oxygen atoms in total. The molecule has 21 heavy (non-hydrogen) atoms. The van der Waals surface area contributed by atoms with Crippen molar-refractivity contribution >= 4 is 22.9 Å². The maximum absolute atomic E-state index is 6.65.